The standard InChI is InChI=1S/C15H14N4O4S/c16-15-18-13(11-5-7-17-14(11)19-15)9-1-3-10(4-2-9)24(22,23)8-6-12(20)21/h1-5,7H,6,8H2,(H,20,21)(H3,16,17,18,19). The first-order chi connectivity index (χ1) is 11.4. The van der Waals surface area contributed by atoms with Gasteiger partial charge in [-0.3, -0.25) is 4.79 Å². The van der Waals surface area contributed by atoms with E-state index < -0.39 is 28.0 Å². The van der Waals surface area contributed by atoms with Crippen LogP contribution in [0.3, 0.4) is 0 Å². The van der Waals surface area contributed by atoms with Crippen molar-refractivity contribution < 1.29 is 18.3 Å². The number of nitrogens with one attached hydrogen (secondary N) is 1. The molecule has 0 unspecified atom stereocenters. The van der Waals surface area contributed by atoms with Gasteiger partial charge in [0.15, 0.2) is 9.84 Å². The Labute approximate surface area is 137 Å². The van der Waals surface area contributed by atoms with Gasteiger partial charge in [0.25, 0.3) is 0 Å². The highest BCUT2D eigenvalue weighted by molar-refractivity contribution is 7.91. The molecule has 0 saturated heterocycles. The summed E-state index contributed by atoms with van der Waals surface area (Å²) in [6.45, 7) is 0. The summed E-state index contributed by atoms with van der Waals surface area (Å²) in [5.41, 5.74) is 7.56. The van der Waals surface area contributed by atoms with E-state index in [4.69, 9.17) is 10.8 Å². The Hall–Kier alpha value is -2.94. The number of benzene rings is 1. The Kier molecular flexibility index (Phi) is 3.94. The van der Waals surface area contributed by atoms with Gasteiger partial charge in [-0.1, -0.05) is 12.1 Å². The highest BCUT2D eigenvalue weighted by Gasteiger charge is 2.17. The van der Waals surface area contributed by atoms with Gasteiger partial charge < -0.3 is 15.8 Å². The van der Waals surface area contributed by atoms with Crippen molar-refractivity contribution in [2.24, 2.45) is 0 Å². The molecule has 124 valence electrons. The lowest BCUT2D eigenvalue weighted by molar-refractivity contribution is -0.136. The van der Waals surface area contributed by atoms with Crippen LogP contribution >= 0.6 is 0 Å². The minimum Gasteiger partial charge on any atom is -0.481 e. The molecule has 1 aromatic carbocycles. The van der Waals surface area contributed by atoms with Gasteiger partial charge in [-0.25, -0.2) is 13.4 Å². The molecule has 3 rings (SSSR count). The minimum atomic E-state index is -3.64. The number of aromatic nitrogens is 3. The van der Waals surface area contributed by atoms with E-state index in [0.29, 0.717) is 16.9 Å². The maximum Gasteiger partial charge on any atom is 0.304 e. The number of carbonyl (C=O) groups is 1. The van der Waals surface area contributed by atoms with Gasteiger partial charge in [-0.15, -0.1) is 0 Å². The number of hydrogen-bond donors (Lipinski definition) is 3. The first-order valence-electron chi connectivity index (χ1n) is 7.02. The molecule has 4 N–H and O–H groups in total. The second kappa shape index (κ2) is 5.93. The Morgan fingerprint density at radius 2 is 1.88 bits per heavy atom. The van der Waals surface area contributed by atoms with E-state index in [0.717, 1.165) is 5.39 Å². The van der Waals surface area contributed by atoms with E-state index in [9.17, 15) is 13.2 Å². The van der Waals surface area contributed by atoms with E-state index in [1.54, 1.807) is 18.3 Å². The van der Waals surface area contributed by atoms with Crippen LogP contribution in [-0.4, -0.2) is 40.2 Å². The van der Waals surface area contributed by atoms with Crippen LogP contribution in [0.4, 0.5) is 5.95 Å². The first kappa shape index (κ1) is 15.9. The Morgan fingerprint density at radius 1 is 1.17 bits per heavy atom. The first-order valence-corrected chi connectivity index (χ1v) is 8.67. The largest absolute Gasteiger partial charge is 0.481 e. The zero-order chi connectivity index (χ0) is 17.3. The lowest BCUT2D eigenvalue weighted by Gasteiger charge is -2.06. The van der Waals surface area contributed by atoms with Crippen molar-refractivity contribution in [2.75, 3.05) is 11.5 Å². The average Bonchev–Trinajstić information content (AvgIpc) is 3.00. The van der Waals surface area contributed by atoms with E-state index in [1.165, 1.54) is 12.1 Å². The van der Waals surface area contributed by atoms with Gasteiger partial charge >= 0.3 is 5.97 Å². The molecule has 0 aliphatic rings. The van der Waals surface area contributed by atoms with Gasteiger partial charge in [0.1, 0.15) is 5.65 Å². The Morgan fingerprint density at radius 3 is 2.54 bits per heavy atom. The summed E-state index contributed by atoms with van der Waals surface area (Å²) in [6.07, 6.45) is 1.28. The van der Waals surface area contributed by atoms with Crippen LogP contribution in [0.5, 0.6) is 0 Å². The van der Waals surface area contributed by atoms with Crippen LogP contribution in [0.2, 0.25) is 0 Å². The number of nitrogen functional groups attached to an aromatic ring is 1. The maximum absolute atomic E-state index is 12.1. The van der Waals surface area contributed by atoms with Crippen LogP contribution in [0, 0.1) is 0 Å². The molecular formula is C15H14N4O4S. The number of fused-ring (bicyclic) bond motifs is 1. The summed E-state index contributed by atoms with van der Waals surface area (Å²) in [4.78, 5) is 21.9. The highest BCUT2D eigenvalue weighted by atomic mass is 32.2. The van der Waals surface area contributed by atoms with Crippen LogP contribution in [-0.2, 0) is 14.6 Å². The lowest BCUT2D eigenvalue weighted by atomic mass is 10.1. The number of anilines is 1. The third-order valence-corrected chi connectivity index (χ3v) is 5.24. The van der Waals surface area contributed by atoms with E-state index in [1.807, 2.05) is 6.07 Å². The Balaban J connectivity index is 1.97. The van der Waals surface area contributed by atoms with Gasteiger partial charge in [0.05, 0.1) is 22.8 Å². The van der Waals surface area contributed by atoms with Crippen molar-refractivity contribution >= 4 is 32.8 Å². The number of hydrogen-bond acceptors (Lipinski definition) is 6. The minimum absolute atomic E-state index is 0.0693. The molecular weight excluding hydrogens is 332 g/mol. The molecule has 0 atom stereocenters. The van der Waals surface area contributed by atoms with Gasteiger partial charge in [0, 0.05) is 17.1 Å². The lowest BCUT2D eigenvalue weighted by Crippen LogP contribution is -2.10. The molecule has 2 heterocycles. The number of nitrogens with zero attached hydrogens (tertiary/aromatic N) is 2. The predicted octanol–water partition coefficient (Wildman–Crippen LogP) is 1.46. The van der Waals surface area contributed by atoms with Crippen molar-refractivity contribution in [3.8, 4) is 11.3 Å². The molecule has 0 spiro atoms. The number of aliphatic carboxylic acids is 1. The molecule has 0 aliphatic heterocycles. The predicted molar refractivity (Wildman–Crippen MR) is 88.0 cm³/mol. The molecule has 9 heteroatoms. The number of H-pyrrole nitrogens is 1. The number of aromatic amines is 1. The van der Waals surface area contributed by atoms with Gasteiger partial charge in [0.2, 0.25) is 5.95 Å². The SMILES string of the molecule is Nc1nc(-c2ccc(S(=O)(=O)CCC(=O)O)cc2)c2cc[nH]c2n1. The van der Waals surface area contributed by atoms with Crippen molar-refractivity contribution in [2.45, 2.75) is 11.3 Å². The van der Waals surface area contributed by atoms with E-state index in [-0.39, 0.29) is 10.8 Å². The molecule has 8 nitrogen and oxygen atoms in total. The normalized spacial score (nSPS) is 11.7. The van der Waals surface area contributed by atoms with Crippen molar-refractivity contribution in [3.05, 3.63) is 36.5 Å². The molecule has 0 bridgehead atoms. The smallest absolute Gasteiger partial charge is 0.304 e. The molecule has 3 aromatic rings. The number of carboxylic acids is 1. The summed E-state index contributed by atoms with van der Waals surface area (Å²) in [6, 6.07) is 7.90. The monoisotopic (exact) mass is 346 g/mol. The highest BCUT2D eigenvalue weighted by Crippen LogP contribution is 2.27. The number of carboxylic acid groups (broad SMARTS) is 1. The van der Waals surface area contributed by atoms with Crippen LogP contribution in [0.1, 0.15) is 6.42 Å². The topological polar surface area (TPSA) is 139 Å². The number of rotatable bonds is 5. The van der Waals surface area contributed by atoms with Crippen LogP contribution < -0.4 is 5.73 Å². The summed E-state index contributed by atoms with van der Waals surface area (Å²) >= 11 is 0. The van der Waals surface area contributed by atoms with E-state index >= 15 is 0 Å². The summed E-state index contributed by atoms with van der Waals surface area (Å²) < 4.78 is 24.2. The fraction of sp³-hybridized carbons (Fsp3) is 0.133. The van der Waals surface area contributed by atoms with Crippen molar-refractivity contribution in [1.82, 2.24) is 15.0 Å². The molecule has 2 aromatic heterocycles. The third-order valence-electron chi connectivity index (χ3n) is 3.50. The molecule has 24 heavy (non-hydrogen) atoms. The number of sulfone groups is 1. The fourth-order valence-electron chi connectivity index (χ4n) is 2.34. The van der Waals surface area contributed by atoms with Crippen molar-refractivity contribution in [1.29, 1.82) is 0 Å². The molecule has 0 saturated carbocycles. The zero-order valence-corrected chi connectivity index (χ0v) is 13.2. The molecule has 0 radical (unpaired) electrons. The van der Waals surface area contributed by atoms with Gasteiger partial charge in [-0.05, 0) is 18.2 Å². The second-order valence-electron chi connectivity index (χ2n) is 5.16. The van der Waals surface area contributed by atoms with Gasteiger partial charge in [-0.2, -0.15) is 4.98 Å². The fourth-order valence-corrected chi connectivity index (χ4v) is 3.57. The molecule has 0 aliphatic carbocycles. The summed E-state index contributed by atoms with van der Waals surface area (Å²) in [7, 11) is -3.64. The van der Waals surface area contributed by atoms with Crippen molar-refractivity contribution in [3.63, 3.8) is 0 Å². The third kappa shape index (κ3) is 3.06. The summed E-state index contributed by atoms with van der Waals surface area (Å²) in [5.74, 6) is -1.48. The quantitative estimate of drug-likeness (QED) is 0.635. The molecule has 0 amide bonds. The van der Waals surface area contributed by atoms with E-state index in [2.05, 4.69) is 15.0 Å². The number of nitrogens with two attached hydrogens (primary N) is 1. The second-order valence-corrected chi connectivity index (χ2v) is 7.27. The van der Waals surface area contributed by atoms with Crippen LogP contribution in [0.25, 0.3) is 22.3 Å². The summed E-state index contributed by atoms with van der Waals surface area (Å²) in [5, 5.41) is 9.40. The van der Waals surface area contributed by atoms with Crippen LogP contribution in [0.15, 0.2) is 41.4 Å². The zero-order valence-electron chi connectivity index (χ0n) is 12.4. The Bertz CT molecular complexity index is 1010. The average molecular weight is 346 g/mol. The molecule has 0 fully saturated rings. The maximum atomic E-state index is 12.1.